The van der Waals surface area contributed by atoms with E-state index in [0.717, 1.165) is 18.3 Å². The SMILES string of the molecule is Cc1cccc(C(N)CCC=O)c1. The van der Waals surface area contributed by atoms with Crippen LogP contribution in [0.15, 0.2) is 24.3 Å². The number of hydrogen-bond acceptors (Lipinski definition) is 2. The first kappa shape index (κ1) is 9.93. The molecule has 0 bridgehead atoms. The quantitative estimate of drug-likeness (QED) is 0.714. The Kier molecular flexibility index (Phi) is 3.65. The van der Waals surface area contributed by atoms with Crippen LogP contribution in [0.1, 0.15) is 30.0 Å². The van der Waals surface area contributed by atoms with Crippen molar-refractivity contribution in [3.05, 3.63) is 35.4 Å². The number of aldehydes is 1. The zero-order chi connectivity index (χ0) is 9.68. The standard InChI is InChI=1S/C11H15NO/c1-9-4-2-5-10(8-9)11(12)6-3-7-13/h2,4-5,7-8,11H,3,6,12H2,1H3. The zero-order valence-corrected chi connectivity index (χ0v) is 7.86. The van der Waals surface area contributed by atoms with Gasteiger partial charge in [-0.05, 0) is 18.9 Å². The molecule has 1 atom stereocenters. The van der Waals surface area contributed by atoms with E-state index in [0.29, 0.717) is 6.42 Å². The number of rotatable bonds is 4. The van der Waals surface area contributed by atoms with E-state index in [2.05, 4.69) is 6.07 Å². The fourth-order valence-corrected chi connectivity index (χ4v) is 1.32. The molecule has 2 N–H and O–H groups in total. The fourth-order valence-electron chi connectivity index (χ4n) is 1.32. The van der Waals surface area contributed by atoms with Crippen LogP contribution >= 0.6 is 0 Å². The maximum atomic E-state index is 10.2. The molecule has 0 aliphatic carbocycles. The summed E-state index contributed by atoms with van der Waals surface area (Å²) >= 11 is 0. The summed E-state index contributed by atoms with van der Waals surface area (Å²) in [5.41, 5.74) is 8.21. The smallest absolute Gasteiger partial charge is 0.120 e. The second kappa shape index (κ2) is 4.77. The van der Waals surface area contributed by atoms with E-state index in [-0.39, 0.29) is 6.04 Å². The van der Waals surface area contributed by atoms with Gasteiger partial charge < -0.3 is 10.5 Å². The van der Waals surface area contributed by atoms with Gasteiger partial charge in [0.15, 0.2) is 0 Å². The number of aryl methyl sites for hydroxylation is 1. The van der Waals surface area contributed by atoms with Crippen molar-refractivity contribution < 1.29 is 4.79 Å². The summed E-state index contributed by atoms with van der Waals surface area (Å²) in [7, 11) is 0. The molecule has 1 aromatic rings. The molecule has 0 heterocycles. The van der Waals surface area contributed by atoms with E-state index in [1.165, 1.54) is 5.56 Å². The topological polar surface area (TPSA) is 43.1 Å². The lowest BCUT2D eigenvalue weighted by atomic mass is 10.0. The molecule has 0 spiro atoms. The molecule has 2 nitrogen and oxygen atoms in total. The van der Waals surface area contributed by atoms with Crippen LogP contribution in [0.5, 0.6) is 0 Å². The highest BCUT2D eigenvalue weighted by molar-refractivity contribution is 5.49. The molecule has 0 saturated carbocycles. The minimum absolute atomic E-state index is 0.00917. The first-order chi connectivity index (χ1) is 6.24. The third kappa shape index (κ3) is 2.99. The summed E-state index contributed by atoms with van der Waals surface area (Å²) < 4.78 is 0. The Balaban J connectivity index is 2.65. The number of hydrogen-bond donors (Lipinski definition) is 1. The van der Waals surface area contributed by atoms with Crippen LogP contribution in [0.3, 0.4) is 0 Å². The van der Waals surface area contributed by atoms with Crippen molar-refractivity contribution in [1.29, 1.82) is 0 Å². The molecule has 0 saturated heterocycles. The molecular weight excluding hydrogens is 162 g/mol. The maximum absolute atomic E-state index is 10.2. The Bertz CT molecular complexity index is 283. The molecule has 0 aromatic heterocycles. The van der Waals surface area contributed by atoms with Gasteiger partial charge in [0, 0.05) is 12.5 Å². The van der Waals surface area contributed by atoms with Gasteiger partial charge >= 0.3 is 0 Å². The van der Waals surface area contributed by atoms with Crippen molar-refractivity contribution in [2.24, 2.45) is 5.73 Å². The van der Waals surface area contributed by atoms with Crippen molar-refractivity contribution in [3.8, 4) is 0 Å². The van der Waals surface area contributed by atoms with E-state index in [1.807, 2.05) is 25.1 Å². The second-order valence-electron chi connectivity index (χ2n) is 3.26. The number of carbonyl (C=O) groups excluding carboxylic acids is 1. The highest BCUT2D eigenvalue weighted by atomic mass is 16.1. The summed E-state index contributed by atoms with van der Waals surface area (Å²) in [6, 6.07) is 8.09. The van der Waals surface area contributed by atoms with Crippen molar-refractivity contribution in [2.75, 3.05) is 0 Å². The average molecular weight is 177 g/mol. The molecule has 70 valence electrons. The third-order valence-corrected chi connectivity index (χ3v) is 2.07. The highest BCUT2D eigenvalue weighted by Gasteiger charge is 2.04. The monoisotopic (exact) mass is 177 g/mol. The van der Waals surface area contributed by atoms with Gasteiger partial charge in [-0.25, -0.2) is 0 Å². The van der Waals surface area contributed by atoms with Gasteiger partial charge in [-0.2, -0.15) is 0 Å². The summed E-state index contributed by atoms with van der Waals surface area (Å²) in [6.45, 7) is 2.04. The number of benzene rings is 1. The van der Waals surface area contributed by atoms with Crippen LogP contribution in [0.2, 0.25) is 0 Å². The van der Waals surface area contributed by atoms with E-state index in [9.17, 15) is 4.79 Å². The molecule has 0 amide bonds. The molecule has 1 rings (SSSR count). The first-order valence-electron chi connectivity index (χ1n) is 4.50. The van der Waals surface area contributed by atoms with Gasteiger partial charge in [0.05, 0.1) is 0 Å². The van der Waals surface area contributed by atoms with Crippen LogP contribution in [0, 0.1) is 6.92 Å². The Labute approximate surface area is 78.8 Å². The Morgan fingerprint density at radius 1 is 1.54 bits per heavy atom. The number of carbonyl (C=O) groups is 1. The van der Waals surface area contributed by atoms with E-state index in [4.69, 9.17) is 5.73 Å². The van der Waals surface area contributed by atoms with Gasteiger partial charge in [-0.3, -0.25) is 0 Å². The zero-order valence-electron chi connectivity index (χ0n) is 7.86. The molecule has 0 fully saturated rings. The van der Waals surface area contributed by atoms with Crippen LogP contribution < -0.4 is 5.73 Å². The van der Waals surface area contributed by atoms with Gasteiger partial charge in [0.1, 0.15) is 6.29 Å². The molecule has 13 heavy (non-hydrogen) atoms. The van der Waals surface area contributed by atoms with E-state index < -0.39 is 0 Å². The number of nitrogens with two attached hydrogens (primary N) is 1. The van der Waals surface area contributed by atoms with Gasteiger partial charge in [0.25, 0.3) is 0 Å². The lowest BCUT2D eigenvalue weighted by molar-refractivity contribution is -0.108. The average Bonchev–Trinajstić information content (AvgIpc) is 2.14. The van der Waals surface area contributed by atoms with Gasteiger partial charge in [-0.15, -0.1) is 0 Å². The Hall–Kier alpha value is -1.15. The molecule has 0 aliphatic rings. The predicted octanol–water partition coefficient (Wildman–Crippen LogP) is 1.97. The fraction of sp³-hybridized carbons (Fsp3) is 0.364. The molecule has 1 aromatic carbocycles. The summed E-state index contributed by atoms with van der Waals surface area (Å²) in [5, 5.41) is 0. The Morgan fingerprint density at radius 2 is 2.31 bits per heavy atom. The highest BCUT2D eigenvalue weighted by Crippen LogP contribution is 2.15. The van der Waals surface area contributed by atoms with Crippen LogP contribution in [0.25, 0.3) is 0 Å². The van der Waals surface area contributed by atoms with Crippen molar-refractivity contribution in [3.63, 3.8) is 0 Å². The summed E-state index contributed by atoms with van der Waals surface area (Å²) in [6.07, 6.45) is 2.18. The third-order valence-electron chi connectivity index (χ3n) is 2.07. The van der Waals surface area contributed by atoms with Crippen LogP contribution in [-0.4, -0.2) is 6.29 Å². The summed E-state index contributed by atoms with van der Waals surface area (Å²) in [4.78, 5) is 10.2. The van der Waals surface area contributed by atoms with Crippen molar-refractivity contribution >= 4 is 6.29 Å². The largest absolute Gasteiger partial charge is 0.324 e. The lowest BCUT2D eigenvalue weighted by Gasteiger charge is -2.10. The lowest BCUT2D eigenvalue weighted by Crippen LogP contribution is -2.10. The van der Waals surface area contributed by atoms with Crippen LogP contribution in [-0.2, 0) is 4.79 Å². The molecular formula is C11H15NO. The van der Waals surface area contributed by atoms with Crippen molar-refractivity contribution in [1.82, 2.24) is 0 Å². The Morgan fingerprint density at radius 3 is 2.92 bits per heavy atom. The van der Waals surface area contributed by atoms with E-state index in [1.54, 1.807) is 0 Å². The first-order valence-corrected chi connectivity index (χ1v) is 4.50. The van der Waals surface area contributed by atoms with Crippen molar-refractivity contribution in [2.45, 2.75) is 25.8 Å². The maximum Gasteiger partial charge on any atom is 0.120 e. The second-order valence-corrected chi connectivity index (χ2v) is 3.26. The van der Waals surface area contributed by atoms with Gasteiger partial charge in [-0.1, -0.05) is 29.8 Å². The molecule has 0 aliphatic heterocycles. The van der Waals surface area contributed by atoms with E-state index >= 15 is 0 Å². The van der Waals surface area contributed by atoms with Gasteiger partial charge in [0.2, 0.25) is 0 Å². The molecule has 0 radical (unpaired) electrons. The predicted molar refractivity (Wildman–Crippen MR) is 53.4 cm³/mol. The molecule has 1 unspecified atom stereocenters. The summed E-state index contributed by atoms with van der Waals surface area (Å²) in [5.74, 6) is 0. The van der Waals surface area contributed by atoms with Crippen LogP contribution in [0.4, 0.5) is 0 Å². The minimum atomic E-state index is -0.00917. The minimum Gasteiger partial charge on any atom is -0.324 e. The molecule has 2 heteroatoms. The normalized spacial score (nSPS) is 12.5.